The lowest BCUT2D eigenvalue weighted by Gasteiger charge is -2.05. The zero-order chi connectivity index (χ0) is 12.7. The summed E-state index contributed by atoms with van der Waals surface area (Å²) in [4.78, 5) is 13.2. The summed E-state index contributed by atoms with van der Waals surface area (Å²) in [5, 5.41) is 4.88. The number of nitrogens with two attached hydrogens (primary N) is 1. The minimum Gasteiger partial charge on any atom is -0.393 e. The molecule has 1 rings (SSSR count). The summed E-state index contributed by atoms with van der Waals surface area (Å²) in [6.07, 6.45) is 3.49. The van der Waals surface area contributed by atoms with Crippen LogP contribution in [-0.4, -0.2) is 17.4 Å². The maximum Gasteiger partial charge on any atom is 0.261 e. The standard InChI is InChI=1S/C12H18N2OS2/c1-2-9-6-8-17-11(9)12(15)14-7-4-3-5-10(13)16/h6,8H,2-5,7H2,1H3,(H2,13,16)(H,14,15). The highest BCUT2D eigenvalue weighted by atomic mass is 32.1. The van der Waals surface area contributed by atoms with Gasteiger partial charge in [0.1, 0.15) is 0 Å². The number of aryl methyl sites for hydroxylation is 1. The first-order valence-electron chi connectivity index (χ1n) is 5.78. The molecule has 3 N–H and O–H groups in total. The first-order chi connectivity index (χ1) is 8.15. The van der Waals surface area contributed by atoms with Gasteiger partial charge in [-0.1, -0.05) is 19.1 Å². The number of hydrogen-bond acceptors (Lipinski definition) is 3. The Balaban J connectivity index is 2.28. The van der Waals surface area contributed by atoms with Gasteiger partial charge in [-0.25, -0.2) is 0 Å². The third-order valence-corrected chi connectivity index (χ3v) is 3.63. The molecule has 0 unspecified atom stereocenters. The minimum absolute atomic E-state index is 0.0344. The molecule has 0 saturated carbocycles. The Morgan fingerprint density at radius 1 is 1.53 bits per heavy atom. The normalized spacial score (nSPS) is 10.2. The number of amides is 1. The van der Waals surface area contributed by atoms with Crippen LogP contribution in [0.2, 0.25) is 0 Å². The van der Waals surface area contributed by atoms with Gasteiger partial charge < -0.3 is 11.1 Å². The quantitative estimate of drug-likeness (QED) is 0.591. The van der Waals surface area contributed by atoms with Crippen LogP contribution in [0.15, 0.2) is 11.4 Å². The summed E-state index contributed by atoms with van der Waals surface area (Å²) < 4.78 is 0. The molecule has 0 aliphatic rings. The highest BCUT2D eigenvalue weighted by Gasteiger charge is 2.10. The van der Waals surface area contributed by atoms with Crippen molar-refractivity contribution in [3.63, 3.8) is 0 Å². The fourth-order valence-electron chi connectivity index (χ4n) is 1.52. The van der Waals surface area contributed by atoms with Crippen molar-refractivity contribution in [1.82, 2.24) is 5.32 Å². The van der Waals surface area contributed by atoms with Crippen LogP contribution in [0.1, 0.15) is 41.4 Å². The number of thiophene rings is 1. The summed E-state index contributed by atoms with van der Waals surface area (Å²) in [5.41, 5.74) is 6.52. The van der Waals surface area contributed by atoms with Crippen LogP contribution >= 0.6 is 23.6 Å². The van der Waals surface area contributed by atoms with E-state index in [1.165, 1.54) is 11.3 Å². The minimum atomic E-state index is 0.0344. The molecular weight excluding hydrogens is 252 g/mol. The molecule has 1 aromatic heterocycles. The summed E-state index contributed by atoms with van der Waals surface area (Å²) in [6.45, 7) is 2.74. The molecule has 0 aromatic carbocycles. The van der Waals surface area contributed by atoms with E-state index >= 15 is 0 Å². The molecule has 5 heteroatoms. The van der Waals surface area contributed by atoms with Gasteiger partial charge in [-0.2, -0.15) is 0 Å². The average Bonchev–Trinajstić information content (AvgIpc) is 2.75. The van der Waals surface area contributed by atoms with Crippen LogP contribution in [0.5, 0.6) is 0 Å². The lowest BCUT2D eigenvalue weighted by molar-refractivity contribution is 0.0956. The van der Waals surface area contributed by atoms with Gasteiger partial charge in [0.25, 0.3) is 5.91 Å². The lowest BCUT2D eigenvalue weighted by Crippen LogP contribution is -2.24. The van der Waals surface area contributed by atoms with E-state index in [0.717, 1.165) is 36.1 Å². The Kier molecular flexibility index (Phi) is 6.15. The summed E-state index contributed by atoms with van der Waals surface area (Å²) in [7, 11) is 0. The van der Waals surface area contributed by atoms with Gasteiger partial charge in [0, 0.05) is 6.54 Å². The molecule has 1 heterocycles. The number of carbonyl (C=O) groups is 1. The number of thiocarbonyl (C=S) groups is 1. The second-order valence-corrected chi connectivity index (χ2v) is 5.25. The molecule has 17 heavy (non-hydrogen) atoms. The molecule has 0 aliphatic carbocycles. The Morgan fingerprint density at radius 3 is 2.94 bits per heavy atom. The summed E-state index contributed by atoms with van der Waals surface area (Å²) >= 11 is 6.28. The van der Waals surface area contributed by atoms with E-state index in [1.807, 2.05) is 11.4 Å². The maximum absolute atomic E-state index is 11.8. The van der Waals surface area contributed by atoms with Crippen molar-refractivity contribution in [3.8, 4) is 0 Å². The number of unbranched alkanes of at least 4 members (excludes halogenated alkanes) is 1. The molecule has 0 radical (unpaired) electrons. The first kappa shape index (κ1) is 14.1. The van der Waals surface area contributed by atoms with Gasteiger partial charge in [-0.15, -0.1) is 11.3 Å². The van der Waals surface area contributed by atoms with Crippen molar-refractivity contribution in [1.29, 1.82) is 0 Å². The fourth-order valence-corrected chi connectivity index (χ4v) is 2.58. The van der Waals surface area contributed by atoms with Crippen LogP contribution in [0.25, 0.3) is 0 Å². The zero-order valence-electron chi connectivity index (χ0n) is 9.99. The third kappa shape index (κ3) is 4.83. The number of nitrogens with one attached hydrogen (secondary N) is 1. The van der Waals surface area contributed by atoms with Gasteiger partial charge in [-0.05, 0) is 42.7 Å². The number of hydrogen-bond donors (Lipinski definition) is 2. The van der Waals surface area contributed by atoms with Crippen LogP contribution in [0, 0.1) is 0 Å². The molecule has 0 saturated heterocycles. The van der Waals surface area contributed by atoms with Gasteiger partial charge in [0.2, 0.25) is 0 Å². The van der Waals surface area contributed by atoms with E-state index < -0.39 is 0 Å². The van der Waals surface area contributed by atoms with Crippen LogP contribution in [-0.2, 0) is 6.42 Å². The third-order valence-electron chi connectivity index (χ3n) is 2.47. The molecule has 94 valence electrons. The molecule has 0 bridgehead atoms. The van der Waals surface area contributed by atoms with Crippen molar-refractivity contribution in [3.05, 3.63) is 21.9 Å². The molecule has 0 aliphatic heterocycles. The molecule has 1 aromatic rings. The highest BCUT2D eigenvalue weighted by molar-refractivity contribution is 7.80. The van der Waals surface area contributed by atoms with Gasteiger partial charge in [-0.3, -0.25) is 4.79 Å². The zero-order valence-corrected chi connectivity index (χ0v) is 11.6. The SMILES string of the molecule is CCc1ccsc1C(=O)NCCCCC(N)=S. The maximum atomic E-state index is 11.8. The van der Waals surface area contributed by atoms with Crippen molar-refractivity contribution in [2.45, 2.75) is 32.6 Å². The number of rotatable bonds is 7. The van der Waals surface area contributed by atoms with Crippen LogP contribution in [0.4, 0.5) is 0 Å². The van der Waals surface area contributed by atoms with Crippen LogP contribution < -0.4 is 11.1 Å². The van der Waals surface area contributed by atoms with E-state index in [9.17, 15) is 4.79 Å². The Labute approximate surface area is 111 Å². The first-order valence-corrected chi connectivity index (χ1v) is 7.06. The second-order valence-electron chi connectivity index (χ2n) is 3.81. The lowest BCUT2D eigenvalue weighted by atomic mass is 10.2. The van der Waals surface area contributed by atoms with Crippen molar-refractivity contribution < 1.29 is 4.79 Å². The average molecular weight is 270 g/mol. The Hall–Kier alpha value is -0.940. The summed E-state index contributed by atoms with van der Waals surface area (Å²) in [6, 6.07) is 2.01. The molecule has 0 fully saturated rings. The largest absolute Gasteiger partial charge is 0.393 e. The van der Waals surface area contributed by atoms with Crippen LogP contribution in [0.3, 0.4) is 0 Å². The molecular formula is C12H18N2OS2. The predicted molar refractivity (Wildman–Crippen MR) is 76.7 cm³/mol. The van der Waals surface area contributed by atoms with E-state index in [4.69, 9.17) is 18.0 Å². The smallest absolute Gasteiger partial charge is 0.261 e. The molecule has 0 atom stereocenters. The van der Waals surface area contributed by atoms with E-state index in [0.29, 0.717) is 11.5 Å². The van der Waals surface area contributed by atoms with E-state index in [-0.39, 0.29) is 5.91 Å². The highest BCUT2D eigenvalue weighted by Crippen LogP contribution is 2.16. The topological polar surface area (TPSA) is 55.1 Å². The monoisotopic (exact) mass is 270 g/mol. The van der Waals surface area contributed by atoms with E-state index in [2.05, 4.69) is 12.2 Å². The van der Waals surface area contributed by atoms with Crippen molar-refractivity contribution in [2.75, 3.05) is 6.54 Å². The second kappa shape index (κ2) is 7.40. The van der Waals surface area contributed by atoms with Gasteiger partial charge >= 0.3 is 0 Å². The fraction of sp³-hybridized carbons (Fsp3) is 0.500. The molecule has 0 spiro atoms. The van der Waals surface area contributed by atoms with Crippen molar-refractivity contribution in [2.24, 2.45) is 5.73 Å². The Bertz CT molecular complexity index is 388. The van der Waals surface area contributed by atoms with E-state index in [1.54, 1.807) is 0 Å². The van der Waals surface area contributed by atoms with Crippen molar-refractivity contribution >= 4 is 34.5 Å². The Morgan fingerprint density at radius 2 is 2.29 bits per heavy atom. The van der Waals surface area contributed by atoms with Gasteiger partial charge in [0.15, 0.2) is 0 Å². The van der Waals surface area contributed by atoms with Gasteiger partial charge in [0.05, 0.1) is 9.87 Å². The predicted octanol–water partition coefficient (Wildman–Crippen LogP) is 2.50. The molecule has 1 amide bonds. The summed E-state index contributed by atoms with van der Waals surface area (Å²) in [5.74, 6) is 0.0344. The number of carbonyl (C=O) groups excluding carboxylic acids is 1. The molecule has 3 nitrogen and oxygen atoms in total.